The molecule has 1 nitrogen and oxygen atoms in total. The van der Waals surface area contributed by atoms with Crippen molar-refractivity contribution in [3.63, 3.8) is 0 Å². The number of hydrogen-bond donors (Lipinski definition) is 1. The van der Waals surface area contributed by atoms with E-state index in [1.165, 1.54) is 27.1 Å². The van der Waals surface area contributed by atoms with Crippen LogP contribution in [0.15, 0.2) is 79.1 Å². The smallest absolute Gasteiger partial charge is 0.0888 e. The van der Waals surface area contributed by atoms with Gasteiger partial charge in [0.1, 0.15) is 0 Å². The van der Waals surface area contributed by atoms with Crippen molar-refractivity contribution in [1.82, 2.24) is 0 Å². The van der Waals surface area contributed by atoms with Crippen LogP contribution in [0.5, 0.6) is 0 Å². The molecular formula is C22H22O. The van der Waals surface area contributed by atoms with Crippen molar-refractivity contribution in [2.24, 2.45) is 5.92 Å². The summed E-state index contributed by atoms with van der Waals surface area (Å²) in [6.45, 7) is 5.79. The molecule has 0 heterocycles. The fraction of sp³-hybridized carbons (Fsp3) is 0.182. The highest BCUT2D eigenvalue weighted by Crippen LogP contribution is 2.32. The molecule has 0 aliphatic heterocycles. The van der Waals surface area contributed by atoms with Gasteiger partial charge in [-0.25, -0.2) is 0 Å². The van der Waals surface area contributed by atoms with Crippen molar-refractivity contribution in [2.45, 2.75) is 19.8 Å². The van der Waals surface area contributed by atoms with Crippen LogP contribution < -0.4 is 0 Å². The van der Waals surface area contributed by atoms with Crippen LogP contribution in [-0.4, -0.2) is 5.11 Å². The van der Waals surface area contributed by atoms with Gasteiger partial charge in [0, 0.05) is 5.92 Å². The molecule has 1 heteroatoms. The van der Waals surface area contributed by atoms with Crippen molar-refractivity contribution in [3.05, 3.63) is 84.7 Å². The standard InChI is InChI=1S/C22H22O/c1-3-4-9-17(16(2)23)15-22-20-12-7-5-10-18(20)14-19-11-6-8-13-21(19)22/h3-8,10-14,17,23H,2,9,15H2,1H3/b4-3-. The molecule has 23 heavy (non-hydrogen) atoms. The second-order valence-electron chi connectivity index (χ2n) is 5.99. The van der Waals surface area contributed by atoms with Gasteiger partial charge in [-0.15, -0.1) is 0 Å². The van der Waals surface area contributed by atoms with Crippen LogP contribution in [-0.2, 0) is 6.42 Å². The Labute approximate surface area is 137 Å². The Kier molecular flexibility index (Phi) is 4.47. The fourth-order valence-electron chi connectivity index (χ4n) is 3.21. The zero-order chi connectivity index (χ0) is 16.2. The van der Waals surface area contributed by atoms with E-state index in [-0.39, 0.29) is 11.7 Å². The van der Waals surface area contributed by atoms with E-state index < -0.39 is 0 Å². The third kappa shape index (κ3) is 3.14. The molecule has 0 bridgehead atoms. The van der Waals surface area contributed by atoms with Crippen LogP contribution in [0, 0.1) is 5.92 Å². The Bertz CT molecular complexity index is 819. The van der Waals surface area contributed by atoms with E-state index in [1.54, 1.807) is 0 Å². The van der Waals surface area contributed by atoms with Crippen LogP contribution in [0.2, 0.25) is 0 Å². The number of allylic oxidation sites excluding steroid dienone is 3. The first kappa shape index (κ1) is 15.4. The van der Waals surface area contributed by atoms with Crippen molar-refractivity contribution in [2.75, 3.05) is 0 Å². The van der Waals surface area contributed by atoms with Crippen molar-refractivity contribution >= 4 is 21.5 Å². The van der Waals surface area contributed by atoms with Gasteiger partial charge in [-0.05, 0) is 52.9 Å². The van der Waals surface area contributed by atoms with E-state index in [4.69, 9.17) is 0 Å². The molecule has 0 spiro atoms. The van der Waals surface area contributed by atoms with E-state index in [9.17, 15) is 5.11 Å². The van der Waals surface area contributed by atoms with Crippen molar-refractivity contribution in [1.29, 1.82) is 0 Å². The van der Waals surface area contributed by atoms with E-state index in [0.717, 1.165) is 12.8 Å². The normalized spacial score (nSPS) is 12.9. The lowest BCUT2D eigenvalue weighted by atomic mass is 9.88. The Morgan fingerprint density at radius 3 is 2.13 bits per heavy atom. The zero-order valence-corrected chi connectivity index (χ0v) is 13.5. The van der Waals surface area contributed by atoms with E-state index >= 15 is 0 Å². The van der Waals surface area contributed by atoms with E-state index in [1.807, 2.05) is 13.0 Å². The van der Waals surface area contributed by atoms with Gasteiger partial charge in [-0.2, -0.15) is 0 Å². The van der Waals surface area contributed by atoms with Gasteiger partial charge in [0.25, 0.3) is 0 Å². The molecule has 0 saturated carbocycles. The summed E-state index contributed by atoms with van der Waals surface area (Å²) in [7, 11) is 0. The Hall–Kier alpha value is -2.54. The van der Waals surface area contributed by atoms with E-state index in [2.05, 4.69) is 67.3 Å². The molecule has 1 unspecified atom stereocenters. The molecule has 0 radical (unpaired) electrons. The van der Waals surface area contributed by atoms with Crippen LogP contribution in [0.25, 0.3) is 21.5 Å². The second-order valence-corrected chi connectivity index (χ2v) is 5.99. The van der Waals surface area contributed by atoms with E-state index in [0.29, 0.717) is 0 Å². The number of fused-ring (bicyclic) bond motifs is 2. The number of rotatable bonds is 5. The number of aliphatic hydroxyl groups excluding tert-OH is 1. The van der Waals surface area contributed by atoms with Crippen molar-refractivity contribution < 1.29 is 5.11 Å². The monoisotopic (exact) mass is 302 g/mol. The molecule has 0 fully saturated rings. The molecule has 3 rings (SSSR count). The summed E-state index contributed by atoms with van der Waals surface area (Å²) in [5.74, 6) is 0.306. The third-order valence-electron chi connectivity index (χ3n) is 4.46. The van der Waals surface area contributed by atoms with Crippen LogP contribution in [0.3, 0.4) is 0 Å². The Morgan fingerprint density at radius 2 is 1.61 bits per heavy atom. The minimum absolute atomic E-state index is 0.0420. The number of hydrogen-bond acceptors (Lipinski definition) is 1. The molecule has 0 aromatic heterocycles. The molecule has 0 aliphatic rings. The quantitative estimate of drug-likeness (QED) is 0.338. The molecular weight excluding hydrogens is 280 g/mol. The molecule has 3 aromatic rings. The lowest BCUT2D eigenvalue weighted by Gasteiger charge is -2.18. The van der Waals surface area contributed by atoms with Gasteiger partial charge in [0.2, 0.25) is 0 Å². The van der Waals surface area contributed by atoms with Gasteiger partial charge in [-0.3, -0.25) is 0 Å². The summed E-state index contributed by atoms with van der Waals surface area (Å²) in [6, 6.07) is 19.2. The number of aliphatic hydroxyl groups is 1. The van der Waals surface area contributed by atoms with Gasteiger partial charge in [0.05, 0.1) is 5.76 Å². The first-order valence-corrected chi connectivity index (χ1v) is 8.09. The minimum atomic E-state index is 0.0420. The summed E-state index contributed by atoms with van der Waals surface area (Å²) in [6.07, 6.45) is 5.72. The summed E-state index contributed by atoms with van der Waals surface area (Å²) >= 11 is 0. The maximum atomic E-state index is 10.0. The molecule has 1 N–H and O–H groups in total. The van der Waals surface area contributed by atoms with Crippen molar-refractivity contribution in [3.8, 4) is 0 Å². The third-order valence-corrected chi connectivity index (χ3v) is 4.46. The summed E-state index contributed by atoms with van der Waals surface area (Å²) in [4.78, 5) is 0. The first-order chi connectivity index (χ1) is 11.2. The minimum Gasteiger partial charge on any atom is -0.513 e. The summed E-state index contributed by atoms with van der Waals surface area (Å²) in [5, 5.41) is 15.0. The van der Waals surface area contributed by atoms with Gasteiger partial charge in [-0.1, -0.05) is 67.3 Å². The lowest BCUT2D eigenvalue weighted by Crippen LogP contribution is -2.07. The maximum absolute atomic E-state index is 10.0. The molecule has 0 amide bonds. The maximum Gasteiger partial charge on any atom is 0.0888 e. The van der Waals surface area contributed by atoms with Gasteiger partial charge >= 0.3 is 0 Å². The van der Waals surface area contributed by atoms with Gasteiger partial charge < -0.3 is 5.11 Å². The highest BCUT2D eigenvalue weighted by atomic mass is 16.3. The largest absolute Gasteiger partial charge is 0.513 e. The van der Waals surface area contributed by atoms with Crippen LogP contribution in [0.4, 0.5) is 0 Å². The molecule has 0 saturated heterocycles. The average Bonchev–Trinajstić information content (AvgIpc) is 2.57. The highest BCUT2D eigenvalue weighted by molar-refractivity contribution is 6.02. The Balaban J connectivity index is 2.17. The van der Waals surface area contributed by atoms with Gasteiger partial charge in [0.15, 0.2) is 0 Å². The van der Waals surface area contributed by atoms with Crippen LogP contribution in [0.1, 0.15) is 18.9 Å². The predicted molar refractivity (Wildman–Crippen MR) is 99.8 cm³/mol. The highest BCUT2D eigenvalue weighted by Gasteiger charge is 2.15. The lowest BCUT2D eigenvalue weighted by molar-refractivity contribution is 0.331. The zero-order valence-electron chi connectivity index (χ0n) is 13.5. The fourth-order valence-corrected chi connectivity index (χ4v) is 3.21. The molecule has 116 valence electrons. The summed E-state index contributed by atoms with van der Waals surface area (Å²) < 4.78 is 0. The molecule has 0 aliphatic carbocycles. The molecule has 3 aromatic carbocycles. The predicted octanol–water partition coefficient (Wildman–Crippen LogP) is 6.19. The number of benzene rings is 3. The second kappa shape index (κ2) is 6.70. The first-order valence-electron chi connectivity index (χ1n) is 8.09. The SMILES string of the molecule is C=C(O)C(C/C=C\C)Cc1c2ccccc2cc2ccccc12. The summed E-state index contributed by atoms with van der Waals surface area (Å²) in [5.41, 5.74) is 1.29. The Morgan fingerprint density at radius 1 is 1.04 bits per heavy atom. The topological polar surface area (TPSA) is 20.2 Å². The van der Waals surface area contributed by atoms with Crippen LogP contribution >= 0.6 is 0 Å². The molecule has 1 atom stereocenters. The average molecular weight is 302 g/mol.